The van der Waals surface area contributed by atoms with Crippen molar-refractivity contribution in [3.05, 3.63) is 52.3 Å². The molecule has 2 aromatic carbocycles. The summed E-state index contributed by atoms with van der Waals surface area (Å²) >= 11 is 3.16. The molecule has 0 atom stereocenters. The van der Waals surface area contributed by atoms with Gasteiger partial charge in [0.05, 0.1) is 16.6 Å². The first-order chi connectivity index (χ1) is 10.0. The molecule has 3 aromatic rings. The number of halogens is 2. The molecule has 0 unspecified atom stereocenters. The second kappa shape index (κ2) is 5.17. The SMILES string of the molecule is O=C(O)c1ccc2nc(Oc3ccc(Br)cc3F)[nH]c2c1. The maximum Gasteiger partial charge on any atom is 0.335 e. The average molecular weight is 351 g/mol. The zero-order chi connectivity index (χ0) is 15.0. The predicted molar refractivity (Wildman–Crippen MR) is 77.2 cm³/mol. The Morgan fingerprint density at radius 3 is 2.81 bits per heavy atom. The molecule has 2 N–H and O–H groups in total. The summed E-state index contributed by atoms with van der Waals surface area (Å²) in [5, 5.41) is 8.93. The summed E-state index contributed by atoms with van der Waals surface area (Å²) in [6.07, 6.45) is 0. The number of rotatable bonds is 3. The normalized spacial score (nSPS) is 10.8. The molecule has 0 aliphatic heterocycles. The Balaban J connectivity index is 1.95. The van der Waals surface area contributed by atoms with Crippen molar-refractivity contribution in [3.8, 4) is 11.8 Å². The van der Waals surface area contributed by atoms with E-state index in [4.69, 9.17) is 9.84 Å². The lowest BCUT2D eigenvalue weighted by molar-refractivity contribution is 0.0697. The Kier molecular flexibility index (Phi) is 3.34. The van der Waals surface area contributed by atoms with Crippen LogP contribution in [0.2, 0.25) is 0 Å². The Labute approximate surface area is 126 Å². The summed E-state index contributed by atoms with van der Waals surface area (Å²) in [5.41, 5.74) is 1.17. The molecule has 1 aromatic heterocycles. The fraction of sp³-hybridized carbons (Fsp3) is 0. The van der Waals surface area contributed by atoms with E-state index < -0.39 is 11.8 Å². The van der Waals surface area contributed by atoms with Crippen molar-refractivity contribution in [2.24, 2.45) is 0 Å². The predicted octanol–water partition coefficient (Wildman–Crippen LogP) is 3.96. The van der Waals surface area contributed by atoms with Crippen LogP contribution in [0.3, 0.4) is 0 Å². The standard InChI is InChI=1S/C14H8BrFN2O3/c15-8-2-4-12(9(16)6-8)21-14-17-10-3-1-7(13(19)20)5-11(10)18-14/h1-6H,(H,17,18)(H,19,20). The van der Waals surface area contributed by atoms with Gasteiger partial charge in [-0.05, 0) is 36.4 Å². The molecule has 7 heteroatoms. The second-order valence-corrected chi connectivity index (χ2v) is 5.17. The topological polar surface area (TPSA) is 75.2 Å². The van der Waals surface area contributed by atoms with Gasteiger partial charge in [-0.2, -0.15) is 4.98 Å². The number of nitrogens with one attached hydrogen (secondary N) is 1. The van der Waals surface area contributed by atoms with E-state index in [0.717, 1.165) is 0 Å². The van der Waals surface area contributed by atoms with Gasteiger partial charge in [0.15, 0.2) is 11.6 Å². The minimum atomic E-state index is -1.03. The number of benzene rings is 2. The van der Waals surface area contributed by atoms with Crippen LogP contribution in [-0.4, -0.2) is 21.0 Å². The number of hydrogen-bond acceptors (Lipinski definition) is 3. The quantitative estimate of drug-likeness (QED) is 0.749. The van der Waals surface area contributed by atoms with Crippen molar-refractivity contribution in [3.63, 3.8) is 0 Å². The monoisotopic (exact) mass is 350 g/mol. The number of imidazole rings is 1. The number of aromatic nitrogens is 2. The zero-order valence-corrected chi connectivity index (χ0v) is 12.0. The molecule has 0 fully saturated rings. The minimum Gasteiger partial charge on any atom is -0.478 e. The third kappa shape index (κ3) is 2.73. The van der Waals surface area contributed by atoms with Gasteiger partial charge in [-0.1, -0.05) is 15.9 Å². The van der Waals surface area contributed by atoms with Gasteiger partial charge in [0.1, 0.15) is 0 Å². The van der Waals surface area contributed by atoms with Gasteiger partial charge in [0.25, 0.3) is 6.01 Å². The number of nitrogens with zero attached hydrogens (tertiary/aromatic N) is 1. The van der Waals surface area contributed by atoms with E-state index in [1.54, 1.807) is 12.1 Å². The van der Waals surface area contributed by atoms with E-state index >= 15 is 0 Å². The zero-order valence-electron chi connectivity index (χ0n) is 10.4. The lowest BCUT2D eigenvalue weighted by atomic mass is 10.2. The molecule has 0 aliphatic carbocycles. The van der Waals surface area contributed by atoms with Crippen molar-refractivity contribution in [1.29, 1.82) is 0 Å². The molecule has 5 nitrogen and oxygen atoms in total. The van der Waals surface area contributed by atoms with E-state index in [0.29, 0.717) is 15.5 Å². The Bertz CT molecular complexity index is 847. The van der Waals surface area contributed by atoms with Crippen LogP contribution >= 0.6 is 15.9 Å². The molecule has 0 bridgehead atoms. The van der Waals surface area contributed by atoms with Crippen molar-refractivity contribution < 1.29 is 19.0 Å². The maximum atomic E-state index is 13.7. The third-order valence-corrected chi connectivity index (χ3v) is 3.30. The van der Waals surface area contributed by atoms with E-state index in [9.17, 15) is 9.18 Å². The molecular weight excluding hydrogens is 343 g/mol. The van der Waals surface area contributed by atoms with Gasteiger partial charge in [-0.25, -0.2) is 9.18 Å². The summed E-state index contributed by atoms with van der Waals surface area (Å²) in [6.45, 7) is 0. The van der Waals surface area contributed by atoms with E-state index in [1.807, 2.05) is 0 Å². The molecular formula is C14H8BrFN2O3. The smallest absolute Gasteiger partial charge is 0.335 e. The van der Waals surface area contributed by atoms with Gasteiger partial charge >= 0.3 is 5.97 Å². The molecule has 21 heavy (non-hydrogen) atoms. The van der Waals surface area contributed by atoms with Crippen molar-refractivity contribution in [2.75, 3.05) is 0 Å². The summed E-state index contributed by atoms with van der Waals surface area (Å²) in [6, 6.07) is 8.92. The van der Waals surface area contributed by atoms with Gasteiger partial charge in [-0.15, -0.1) is 0 Å². The van der Waals surface area contributed by atoms with E-state index in [1.165, 1.54) is 24.3 Å². The highest BCUT2D eigenvalue weighted by Crippen LogP contribution is 2.27. The fourth-order valence-electron chi connectivity index (χ4n) is 1.83. The van der Waals surface area contributed by atoms with Gasteiger partial charge in [0.2, 0.25) is 0 Å². The van der Waals surface area contributed by atoms with Crippen molar-refractivity contribution >= 4 is 32.9 Å². The van der Waals surface area contributed by atoms with Crippen LogP contribution in [0.5, 0.6) is 11.8 Å². The number of ether oxygens (including phenoxy) is 1. The third-order valence-electron chi connectivity index (χ3n) is 2.81. The lowest BCUT2D eigenvalue weighted by Gasteiger charge is -2.03. The van der Waals surface area contributed by atoms with Crippen LogP contribution < -0.4 is 4.74 Å². The molecule has 106 valence electrons. The Morgan fingerprint density at radius 1 is 1.29 bits per heavy atom. The molecule has 0 amide bonds. The molecule has 1 heterocycles. The molecule has 0 saturated carbocycles. The van der Waals surface area contributed by atoms with E-state index in [-0.39, 0.29) is 17.3 Å². The number of carboxylic acids is 1. The summed E-state index contributed by atoms with van der Waals surface area (Å²) in [7, 11) is 0. The van der Waals surface area contributed by atoms with Crippen molar-refractivity contribution in [2.45, 2.75) is 0 Å². The first-order valence-corrected chi connectivity index (χ1v) is 6.68. The number of aromatic carboxylic acids is 1. The fourth-order valence-corrected chi connectivity index (χ4v) is 2.16. The number of hydrogen-bond donors (Lipinski definition) is 2. The van der Waals surface area contributed by atoms with Gasteiger partial charge in [0, 0.05) is 4.47 Å². The van der Waals surface area contributed by atoms with Gasteiger partial charge < -0.3 is 14.8 Å². The summed E-state index contributed by atoms with van der Waals surface area (Å²) in [5.74, 6) is -1.54. The van der Waals surface area contributed by atoms with Crippen molar-refractivity contribution in [1.82, 2.24) is 9.97 Å². The van der Waals surface area contributed by atoms with Crippen LogP contribution in [0.15, 0.2) is 40.9 Å². The van der Waals surface area contributed by atoms with Gasteiger partial charge in [-0.3, -0.25) is 0 Å². The van der Waals surface area contributed by atoms with Crippen LogP contribution in [-0.2, 0) is 0 Å². The highest BCUT2D eigenvalue weighted by Gasteiger charge is 2.11. The molecule has 0 aliphatic rings. The van der Waals surface area contributed by atoms with Crippen LogP contribution in [0.1, 0.15) is 10.4 Å². The molecule has 3 rings (SSSR count). The Morgan fingerprint density at radius 2 is 2.10 bits per heavy atom. The number of aromatic amines is 1. The average Bonchev–Trinajstić information content (AvgIpc) is 2.83. The van der Waals surface area contributed by atoms with Crippen LogP contribution in [0.25, 0.3) is 11.0 Å². The lowest BCUT2D eigenvalue weighted by Crippen LogP contribution is -1.94. The molecule has 0 spiro atoms. The second-order valence-electron chi connectivity index (χ2n) is 4.26. The van der Waals surface area contributed by atoms with Crippen LogP contribution in [0, 0.1) is 5.82 Å². The summed E-state index contributed by atoms with van der Waals surface area (Å²) < 4.78 is 19.6. The number of fused-ring (bicyclic) bond motifs is 1. The van der Waals surface area contributed by atoms with Crippen LogP contribution in [0.4, 0.5) is 4.39 Å². The Hall–Kier alpha value is -2.41. The first kappa shape index (κ1) is 13.6. The first-order valence-electron chi connectivity index (χ1n) is 5.89. The number of carbonyl (C=O) groups is 1. The summed E-state index contributed by atoms with van der Waals surface area (Å²) in [4.78, 5) is 17.8. The molecule has 0 radical (unpaired) electrons. The van der Waals surface area contributed by atoms with E-state index in [2.05, 4.69) is 25.9 Å². The highest BCUT2D eigenvalue weighted by atomic mass is 79.9. The molecule has 0 saturated heterocycles. The highest BCUT2D eigenvalue weighted by molar-refractivity contribution is 9.10. The number of carboxylic acid groups (broad SMARTS) is 1. The maximum absolute atomic E-state index is 13.7. The minimum absolute atomic E-state index is 0.0238. The number of H-pyrrole nitrogens is 1. The largest absolute Gasteiger partial charge is 0.478 e.